The minimum absolute atomic E-state index is 0. The van der Waals surface area contributed by atoms with Crippen LogP contribution < -0.4 is 0 Å². The number of hydrogen-bond acceptors (Lipinski definition) is 1. The van der Waals surface area contributed by atoms with Gasteiger partial charge in [0.2, 0.25) is 0 Å². The molecule has 0 amide bonds. The van der Waals surface area contributed by atoms with Crippen molar-refractivity contribution in [3.05, 3.63) is 84.6 Å². The van der Waals surface area contributed by atoms with Crippen LogP contribution in [0.3, 0.4) is 0 Å². The van der Waals surface area contributed by atoms with E-state index in [1.165, 1.54) is 38.3 Å². The van der Waals surface area contributed by atoms with Crippen molar-refractivity contribution in [2.75, 3.05) is 0 Å². The zero-order valence-electron chi connectivity index (χ0n) is 14.7. The van der Waals surface area contributed by atoms with Crippen LogP contribution in [0.2, 0.25) is 0 Å². The molecular formula is C24H15IrN2-. The van der Waals surface area contributed by atoms with E-state index < -0.39 is 0 Å². The number of benzene rings is 4. The maximum absolute atomic E-state index is 4.76. The number of hydrogen-bond donors (Lipinski definition) is 0. The Morgan fingerprint density at radius 2 is 1.59 bits per heavy atom. The van der Waals surface area contributed by atoms with Gasteiger partial charge in [-0.2, -0.15) is 0 Å². The molecule has 0 saturated carbocycles. The summed E-state index contributed by atoms with van der Waals surface area (Å²) in [6.45, 7) is 2.09. The number of pyridine rings is 1. The normalized spacial score (nSPS) is 11.6. The molecule has 6 aromatic rings. The predicted molar refractivity (Wildman–Crippen MR) is 108 cm³/mol. The molecule has 0 atom stereocenters. The topological polar surface area (TPSA) is 17.8 Å². The molecule has 2 aromatic heterocycles. The van der Waals surface area contributed by atoms with Gasteiger partial charge in [0.1, 0.15) is 0 Å². The first kappa shape index (κ1) is 16.4. The van der Waals surface area contributed by atoms with Gasteiger partial charge in [0.05, 0.1) is 5.52 Å². The van der Waals surface area contributed by atoms with Crippen LogP contribution in [-0.2, 0) is 20.1 Å². The average molecular weight is 524 g/mol. The molecule has 0 unspecified atom stereocenters. The van der Waals surface area contributed by atoms with E-state index in [2.05, 4.69) is 84.3 Å². The second-order valence-corrected chi connectivity index (χ2v) is 6.85. The first-order valence-corrected chi connectivity index (χ1v) is 8.84. The van der Waals surface area contributed by atoms with Crippen LogP contribution in [0.15, 0.2) is 72.9 Å². The molecule has 0 aliphatic carbocycles. The smallest absolute Gasteiger partial charge is 0.0531 e. The second-order valence-electron chi connectivity index (χ2n) is 6.85. The first-order chi connectivity index (χ1) is 12.8. The predicted octanol–water partition coefficient (Wildman–Crippen LogP) is 6.03. The Kier molecular flexibility index (Phi) is 3.58. The number of aryl methyl sites for hydroxylation is 1. The van der Waals surface area contributed by atoms with Gasteiger partial charge >= 0.3 is 0 Å². The minimum atomic E-state index is 0. The SMILES string of the molecule is Cc1[c-]c2c(cc1)c1cccc3c1c1c2nccc1n3-c1ccccc1.[Ir]. The summed E-state index contributed by atoms with van der Waals surface area (Å²) in [4.78, 5) is 4.76. The molecule has 0 aliphatic heterocycles. The van der Waals surface area contributed by atoms with E-state index in [0.717, 1.165) is 16.5 Å². The third-order valence-corrected chi connectivity index (χ3v) is 5.34. The van der Waals surface area contributed by atoms with Crippen LogP contribution in [0, 0.1) is 13.0 Å². The van der Waals surface area contributed by atoms with Crippen molar-refractivity contribution in [3.8, 4) is 5.69 Å². The summed E-state index contributed by atoms with van der Waals surface area (Å²) in [6.07, 6.45) is 1.92. The van der Waals surface area contributed by atoms with Gasteiger partial charge in [-0.05, 0) is 40.6 Å². The molecule has 4 aromatic carbocycles. The quantitative estimate of drug-likeness (QED) is 0.190. The van der Waals surface area contributed by atoms with Crippen molar-refractivity contribution in [2.24, 2.45) is 0 Å². The Labute approximate surface area is 170 Å². The molecule has 0 spiro atoms. The molecule has 2 nitrogen and oxygen atoms in total. The summed E-state index contributed by atoms with van der Waals surface area (Å²) in [6, 6.07) is 27.1. The summed E-state index contributed by atoms with van der Waals surface area (Å²) in [5.74, 6) is 0. The molecule has 0 saturated heterocycles. The Hall–Kier alpha value is -2.74. The van der Waals surface area contributed by atoms with Crippen LogP contribution in [0.4, 0.5) is 0 Å². The number of fused-ring (bicyclic) bond motifs is 3. The monoisotopic (exact) mass is 524 g/mol. The number of para-hydroxylation sites is 1. The summed E-state index contributed by atoms with van der Waals surface area (Å²) >= 11 is 0. The third-order valence-electron chi connectivity index (χ3n) is 5.34. The Balaban J connectivity index is 0.00000160. The third kappa shape index (κ3) is 2.13. The van der Waals surface area contributed by atoms with Crippen molar-refractivity contribution >= 4 is 43.5 Å². The molecule has 0 N–H and O–H groups in total. The van der Waals surface area contributed by atoms with Crippen LogP contribution in [0.25, 0.3) is 49.2 Å². The van der Waals surface area contributed by atoms with Gasteiger partial charge in [-0.1, -0.05) is 48.0 Å². The number of nitrogens with zero attached hydrogens (tertiary/aromatic N) is 2. The van der Waals surface area contributed by atoms with E-state index in [1.54, 1.807) is 0 Å². The summed E-state index contributed by atoms with van der Waals surface area (Å²) in [5, 5.41) is 6.13. The van der Waals surface area contributed by atoms with Crippen LogP contribution >= 0.6 is 0 Å². The zero-order valence-corrected chi connectivity index (χ0v) is 17.1. The van der Waals surface area contributed by atoms with Gasteiger partial charge in [0.15, 0.2) is 0 Å². The van der Waals surface area contributed by atoms with E-state index in [1.807, 2.05) is 6.20 Å². The van der Waals surface area contributed by atoms with Gasteiger partial charge in [-0.25, -0.2) is 0 Å². The maximum Gasteiger partial charge on any atom is 0.0531 e. The largest absolute Gasteiger partial charge is 0.310 e. The molecule has 0 aliphatic rings. The van der Waals surface area contributed by atoms with Gasteiger partial charge in [-0.15, -0.1) is 29.1 Å². The average Bonchev–Trinajstić information content (AvgIpc) is 3.03. The number of rotatable bonds is 1. The molecular weight excluding hydrogens is 508 g/mol. The fourth-order valence-electron chi connectivity index (χ4n) is 4.28. The van der Waals surface area contributed by atoms with Gasteiger partial charge in [-0.3, -0.25) is 0 Å². The Morgan fingerprint density at radius 3 is 2.44 bits per heavy atom. The number of aromatic nitrogens is 2. The van der Waals surface area contributed by atoms with Gasteiger partial charge < -0.3 is 9.55 Å². The van der Waals surface area contributed by atoms with Gasteiger partial charge in [0.25, 0.3) is 0 Å². The summed E-state index contributed by atoms with van der Waals surface area (Å²) < 4.78 is 2.35. The standard InChI is InChI=1S/C24H15N2.Ir/c1-15-10-11-17-18-8-5-9-20-22(18)23-21(12-13-25-24(23)19(17)14-15)26(20)16-6-3-2-4-7-16;/h2-13H,1H3;/q-1;. The van der Waals surface area contributed by atoms with E-state index in [4.69, 9.17) is 4.98 Å². The van der Waals surface area contributed by atoms with E-state index in [9.17, 15) is 0 Å². The van der Waals surface area contributed by atoms with Crippen molar-refractivity contribution in [2.45, 2.75) is 6.92 Å². The summed E-state index contributed by atoms with van der Waals surface area (Å²) in [7, 11) is 0. The fourth-order valence-corrected chi connectivity index (χ4v) is 4.28. The van der Waals surface area contributed by atoms with Crippen molar-refractivity contribution < 1.29 is 20.1 Å². The van der Waals surface area contributed by atoms with Crippen molar-refractivity contribution in [1.82, 2.24) is 9.55 Å². The van der Waals surface area contributed by atoms with Crippen LogP contribution in [-0.4, -0.2) is 9.55 Å². The zero-order chi connectivity index (χ0) is 17.3. The fraction of sp³-hybridized carbons (Fsp3) is 0.0417. The van der Waals surface area contributed by atoms with Crippen LogP contribution in [0.5, 0.6) is 0 Å². The van der Waals surface area contributed by atoms with E-state index in [-0.39, 0.29) is 20.1 Å². The molecule has 3 heteroatoms. The molecule has 2 heterocycles. The molecule has 27 heavy (non-hydrogen) atoms. The molecule has 1 radical (unpaired) electrons. The van der Waals surface area contributed by atoms with E-state index >= 15 is 0 Å². The molecule has 0 bridgehead atoms. The Morgan fingerprint density at radius 1 is 0.778 bits per heavy atom. The van der Waals surface area contributed by atoms with Crippen molar-refractivity contribution in [1.29, 1.82) is 0 Å². The maximum atomic E-state index is 4.76. The summed E-state index contributed by atoms with van der Waals surface area (Å²) in [5.41, 5.74) is 5.78. The van der Waals surface area contributed by atoms with Crippen LogP contribution in [0.1, 0.15) is 5.56 Å². The molecule has 131 valence electrons. The van der Waals surface area contributed by atoms with Gasteiger partial charge in [0, 0.05) is 37.5 Å². The molecule has 0 fully saturated rings. The minimum Gasteiger partial charge on any atom is -0.310 e. The molecule has 6 rings (SSSR count). The van der Waals surface area contributed by atoms with E-state index in [0.29, 0.717) is 0 Å². The Bertz CT molecular complexity index is 1430. The van der Waals surface area contributed by atoms with Crippen molar-refractivity contribution in [3.63, 3.8) is 0 Å². The second kappa shape index (κ2) is 5.88. The first-order valence-electron chi connectivity index (χ1n) is 8.84.